The lowest BCUT2D eigenvalue weighted by Crippen LogP contribution is -2.44. The first-order chi connectivity index (χ1) is 9.74. The molecular weight excluding hydrogens is 278 g/mol. The number of carbonyl (C=O) groups is 1. The van der Waals surface area contributed by atoms with Crippen molar-refractivity contribution >= 4 is 23.3 Å². The number of hydrogen-bond acceptors (Lipinski definition) is 4. The Labute approximate surface area is 123 Å². The molecule has 3 heterocycles. The van der Waals surface area contributed by atoms with Gasteiger partial charge in [0.05, 0.1) is 24.2 Å². The van der Waals surface area contributed by atoms with Crippen LogP contribution in [-0.2, 0) is 9.53 Å². The average molecular weight is 296 g/mol. The molecule has 0 bridgehead atoms. The molecule has 6 heteroatoms. The minimum absolute atomic E-state index is 0.0746. The van der Waals surface area contributed by atoms with Crippen molar-refractivity contribution in [2.75, 3.05) is 44.3 Å². The number of carbonyl (C=O) groups excluding carboxylic acids is 1. The summed E-state index contributed by atoms with van der Waals surface area (Å²) in [5.74, 6) is 1.22. The van der Waals surface area contributed by atoms with Crippen LogP contribution in [0.3, 0.4) is 0 Å². The van der Waals surface area contributed by atoms with Crippen molar-refractivity contribution < 1.29 is 9.53 Å². The second kappa shape index (κ2) is 5.97. The van der Waals surface area contributed by atoms with Gasteiger partial charge in [-0.2, -0.15) is 0 Å². The SMILES string of the molecule is O=C(C1CCN(c2ccc(Cl)cn2)C1)N1CCOCC1. The monoisotopic (exact) mass is 295 g/mol. The van der Waals surface area contributed by atoms with E-state index in [1.54, 1.807) is 6.20 Å². The number of ether oxygens (including phenoxy) is 1. The molecule has 3 rings (SSSR count). The van der Waals surface area contributed by atoms with Crippen molar-refractivity contribution in [2.24, 2.45) is 5.92 Å². The van der Waals surface area contributed by atoms with E-state index < -0.39 is 0 Å². The quantitative estimate of drug-likeness (QED) is 0.828. The summed E-state index contributed by atoms with van der Waals surface area (Å²) in [6, 6.07) is 3.74. The molecule has 2 aliphatic rings. The first-order valence-electron chi connectivity index (χ1n) is 6.97. The van der Waals surface area contributed by atoms with E-state index in [4.69, 9.17) is 16.3 Å². The summed E-state index contributed by atoms with van der Waals surface area (Å²) in [4.78, 5) is 20.8. The molecule has 1 aromatic rings. The summed E-state index contributed by atoms with van der Waals surface area (Å²) in [6.45, 7) is 4.35. The number of pyridine rings is 1. The lowest BCUT2D eigenvalue weighted by molar-refractivity contribution is -0.138. The second-order valence-electron chi connectivity index (χ2n) is 5.20. The van der Waals surface area contributed by atoms with Gasteiger partial charge in [0, 0.05) is 32.4 Å². The number of halogens is 1. The van der Waals surface area contributed by atoms with E-state index in [1.165, 1.54) is 0 Å². The van der Waals surface area contributed by atoms with E-state index in [9.17, 15) is 4.79 Å². The Hall–Kier alpha value is -1.33. The molecule has 2 aliphatic heterocycles. The fourth-order valence-corrected chi connectivity index (χ4v) is 2.88. The van der Waals surface area contributed by atoms with E-state index in [0.29, 0.717) is 31.3 Å². The van der Waals surface area contributed by atoms with Gasteiger partial charge in [0.2, 0.25) is 5.91 Å². The van der Waals surface area contributed by atoms with Crippen LogP contribution >= 0.6 is 11.6 Å². The van der Waals surface area contributed by atoms with Crippen LogP contribution in [-0.4, -0.2) is 55.2 Å². The fraction of sp³-hybridized carbons (Fsp3) is 0.571. The summed E-state index contributed by atoms with van der Waals surface area (Å²) in [6.07, 6.45) is 2.54. The topological polar surface area (TPSA) is 45.7 Å². The van der Waals surface area contributed by atoms with Gasteiger partial charge in [-0.1, -0.05) is 11.6 Å². The lowest BCUT2D eigenvalue weighted by Gasteiger charge is -2.29. The molecule has 20 heavy (non-hydrogen) atoms. The van der Waals surface area contributed by atoms with Crippen LogP contribution in [0.2, 0.25) is 5.02 Å². The Kier molecular flexibility index (Phi) is 4.08. The summed E-state index contributed by atoms with van der Waals surface area (Å²) in [7, 11) is 0. The predicted molar refractivity (Wildman–Crippen MR) is 77.0 cm³/mol. The molecule has 2 fully saturated rings. The van der Waals surface area contributed by atoms with Crippen LogP contribution < -0.4 is 4.90 Å². The minimum atomic E-state index is 0.0746. The summed E-state index contributed by atoms with van der Waals surface area (Å²) in [5.41, 5.74) is 0. The highest BCUT2D eigenvalue weighted by Crippen LogP contribution is 2.24. The average Bonchev–Trinajstić information content (AvgIpc) is 2.98. The molecule has 0 saturated carbocycles. The third-order valence-corrected chi connectivity index (χ3v) is 4.12. The van der Waals surface area contributed by atoms with Gasteiger partial charge >= 0.3 is 0 Å². The van der Waals surface area contributed by atoms with Gasteiger partial charge in [0.15, 0.2) is 0 Å². The van der Waals surface area contributed by atoms with E-state index in [2.05, 4.69) is 9.88 Å². The van der Waals surface area contributed by atoms with Crippen LogP contribution in [0, 0.1) is 5.92 Å². The van der Waals surface area contributed by atoms with Crippen molar-refractivity contribution in [1.82, 2.24) is 9.88 Å². The maximum Gasteiger partial charge on any atom is 0.227 e. The Morgan fingerprint density at radius 1 is 1.30 bits per heavy atom. The molecule has 1 aromatic heterocycles. The van der Waals surface area contributed by atoms with Crippen molar-refractivity contribution in [2.45, 2.75) is 6.42 Å². The number of amides is 1. The minimum Gasteiger partial charge on any atom is -0.378 e. The smallest absolute Gasteiger partial charge is 0.227 e. The molecule has 5 nitrogen and oxygen atoms in total. The largest absolute Gasteiger partial charge is 0.378 e. The Morgan fingerprint density at radius 3 is 2.80 bits per heavy atom. The van der Waals surface area contributed by atoms with E-state index in [0.717, 1.165) is 25.3 Å². The number of rotatable bonds is 2. The second-order valence-corrected chi connectivity index (χ2v) is 5.64. The predicted octanol–water partition coefficient (Wildman–Crippen LogP) is 1.42. The molecule has 1 amide bonds. The normalized spacial score (nSPS) is 23.1. The molecule has 2 saturated heterocycles. The molecule has 1 atom stereocenters. The summed E-state index contributed by atoms with van der Waals surface area (Å²) >= 11 is 5.85. The van der Waals surface area contributed by atoms with Gasteiger partial charge in [-0.25, -0.2) is 4.98 Å². The van der Waals surface area contributed by atoms with Gasteiger partial charge in [-0.05, 0) is 18.6 Å². The zero-order chi connectivity index (χ0) is 13.9. The van der Waals surface area contributed by atoms with Gasteiger partial charge in [-0.15, -0.1) is 0 Å². The van der Waals surface area contributed by atoms with Crippen molar-refractivity contribution in [3.63, 3.8) is 0 Å². The third-order valence-electron chi connectivity index (χ3n) is 3.90. The Balaban J connectivity index is 1.61. The van der Waals surface area contributed by atoms with Crippen molar-refractivity contribution in [1.29, 1.82) is 0 Å². The molecule has 1 unspecified atom stereocenters. The number of morpholine rings is 1. The standard InChI is InChI=1S/C14H18ClN3O2/c15-12-1-2-13(16-9-12)18-4-3-11(10-18)14(19)17-5-7-20-8-6-17/h1-2,9,11H,3-8,10H2. The number of anilines is 1. The number of aromatic nitrogens is 1. The highest BCUT2D eigenvalue weighted by molar-refractivity contribution is 6.30. The Bertz CT molecular complexity index is 474. The highest BCUT2D eigenvalue weighted by atomic mass is 35.5. The zero-order valence-corrected chi connectivity index (χ0v) is 12.1. The van der Waals surface area contributed by atoms with Gasteiger partial charge in [0.1, 0.15) is 5.82 Å². The van der Waals surface area contributed by atoms with Crippen LogP contribution in [0.15, 0.2) is 18.3 Å². The van der Waals surface area contributed by atoms with E-state index >= 15 is 0 Å². The zero-order valence-electron chi connectivity index (χ0n) is 11.3. The Morgan fingerprint density at radius 2 is 2.10 bits per heavy atom. The van der Waals surface area contributed by atoms with E-state index in [-0.39, 0.29) is 11.8 Å². The van der Waals surface area contributed by atoms with Crippen molar-refractivity contribution in [3.05, 3.63) is 23.4 Å². The molecule has 0 radical (unpaired) electrons. The molecule has 0 aliphatic carbocycles. The van der Waals surface area contributed by atoms with Crippen LogP contribution in [0.4, 0.5) is 5.82 Å². The maximum absolute atomic E-state index is 12.4. The fourth-order valence-electron chi connectivity index (χ4n) is 2.77. The number of hydrogen-bond donors (Lipinski definition) is 0. The van der Waals surface area contributed by atoms with Gasteiger partial charge in [0.25, 0.3) is 0 Å². The van der Waals surface area contributed by atoms with E-state index in [1.807, 2.05) is 17.0 Å². The van der Waals surface area contributed by atoms with Gasteiger partial charge < -0.3 is 14.5 Å². The first kappa shape index (κ1) is 13.6. The molecular formula is C14H18ClN3O2. The maximum atomic E-state index is 12.4. The highest BCUT2D eigenvalue weighted by Gasteiger charge is 2.32. The summed E-state index contributed by atoms with van der Waals surface area (Å²) < 4.78 is 5.29. The van der Waals surface area contributed by atoms with Crippen LogP contribution in [0.5, 0.6) is 0 Å². The number of nitrogens with zero attached hydrogens (tertiary/aromatic N) is 3. The van der Waals surface area contributed by atoms with Crippen molar-refractivity contribution in [3.8, 4) is 0 Å². The molecule has 0 spiro atoms. The van der Waals surface area contributed by atoms with Crippen LogP contribution in [0.1, 0.15) is 6.42 Å². The summed E-state index contributed by atoms with van der Waals surface area (Å²) in [5, 5.41) is 0.633. The van der Waals surface area contributed by atoms with Gasteiger partial charge in [-0.3, -0.25) is 4.79 Å². The molecule has 0 N–H and O–H groups in total. The van der Waals surface area contributed by atoms with Crippen LogP contribution in [0.25, 0.3) is 0 Å². The lowest BCUT2D eigenvalue weighted by atomic mass is 10.1. The first-order valence-corrected chi connectivity index (χ1v) is 7.35. The molecule has 108 valence electrons. The third kappa shape index (κ3) is 2.88. The molecule has 0 aromatic carbocycles.